The number of aromatic hydroxyl groups is 1. The van der Waals surface area contributed by atoms with Crippen LogP contribution in [0.4, 0.5) is 0 Å². The van der Waals surface area contributed by atoms with Crippen LogP contribution < -0.4 is 14.9 Å². The van der Waals surface area contributed by atoms with Crippen LogP contribution in [0.5, 0.6) is 17.2 Å². The van der Waals surface area contributed by atoms with Crippen LogP contribution in [-0.2, 0) is 4.79 Å². The van der Waals surface area contributed by atoms with Gasteiger partial charge in [0.2, 0.25) is 0 Å². The largest absolute Gasteiger partial charge is 0.504 e. The number of para-hydroxylation sites is 2. The van der Waals surface area contributed by atoms with Crippen LogP contribution in [0.25, 0.3) is 0 Å². The van der Waals surface area contributed by atoms with Gasteiger partial charge in [-0.2, -0.15) is 5.10 Å². The van der Waals surface area contributed by atoms with Crippen molar-refractivity contribution >= 4 is 12.1 Å². The molecule has 0 aliphatic carbocycles. The van der Waals surface area contributed by atoms with Crippen molar-refractivity contribution in [2.75, 3.05) is 13.7 Å². The van der Waals surface area contributed by atoms with E-state index in [1.54, 1.807) is 37.4 Å². The summed E-state index contributed by atoms with van der Waals surface area (Å²) in [6.45, 7) is -0.239. The van der Waals surface area contributed by atoms with Gasteiger partial charge in [0, 0.05) is 0 Å². The van der Waals surface area contributed by atoms with Gasteiger partial charge in [-0.3, -0.25) is 4.79 Å². The number of phenolic OH excluding ortho intramolecular Hbond substituents is 1. The maximum atomic E-state index is 11.6. The SMILES string of the molecule is COc1ccc(C=NNC(=O)COc2ccccc2O)cc1. The van der Waals surface area contributed by atoms with E-state index in [0.29, 0.717) is 0 Å². The summed E-state index contributed by atoms with van der Waals surface area (Å²) in [5, 5.41) is 13.3. The van der Waals surface area contributed by atoms with Crippen LogP contribution in [0, 0.1) is 0 Å². The van der Waals surface area contributed by atoms with E-state index in [0.717, 1.165) is 11.3 Å². The van der Waals surface area contributed by atoms with Gasteiger partial charge in [-0.1, -0.05) is 12.1 Å². The molecule has 114 valence electrons. The summed E-state index contributed by atoms with van der Waals surface area (Å²) in [5.74, 6) is 0.555. The summed E-state index contributed by atoms with van der Waals surface area (Å²) in [5.41, 5.74) is 3.16. The fourth-order valence-electron chi connectivity index (χ4n) is 1.62. The van der Waals surface area contributed by atoms with E-state index in [1.165, 1.54) is 12.3 Å². The molecule has 0 aliphatic rings. The first-order valence-electron chi connectivity index (χ1n) is 6.56. The molecule has 0 aliphatic heterocycles. The lowest BCUT2D eigenvalue weighted by molar-refractivity contribution is -0.123. The number of nitrogens with zero attached hydrogens (tertiary/aromatic N) is 1. The van der Waals surface area contributed by atoms with Crippen molar-refractivity contribution in [3.63, 3.8) is 0 Å². The average molecular weight is 300 g/mol. The lowest BCUT2D eigenvalue weighted by Gasteiger charge is -2.06. The number of hydrogen-bond acceptors (Lipinski definition) is 5. The molecule has 2 rings (SSSR count). The van der Waals surface area contributed by atoms with Gasteiger partial charge < -0.3 is 14.6 Å². The highest BCUT2D eigenvalue weighted by Crippen LogP contribution is 2.23. The zero-order valence-electron chi connectivity index (χ0n) is 12.0. The maximum Gasteiger partial charge on any atom is 0.277 e. The van der Waals surface area contributed by atoms with Crippen molar-refractivity contribution in [2.45, 2.75) is 0 Å². The van der Waals surface area contributed by atoms with Crippen molar-refractivity contribution in [3.8, 4) is 17.2 Å². The molecule has 0 saturated carbocycles. The van der Waals surface area contributed by atoms with Gasteiger partial charge in [-0.05, 0) is 42.0 Å². The molecule has 0 heterocycles. The van der Waals surface area contributed by atoms with Crippen molar-refractivity contribution in [2.24, 2.45) is 5.10 Å². The summed E-state index contributed by atoms with van der Waals surface area (Å²) >= 11 is 0. The number of carbonyl (C=O) groups is 1. The molecule has 6 nitrogen and oxygen atoms in total. The number of benzene rings is 2. The zero-order chi connectivity index (χ0) is 15.8. The number of methoxy groups -OCH3 is 1. The molecule has 2 aromatic rings. The van der Waals surface area contributed by atoms with Gasteiger partial charge in [-0.25, -0.2) is 5.43 Å². The molecule has 0 fully saturated rings. The second-order valence-electron chi connectivity index (χ2n) is 4.32. The predicted molar refractivity (Wildman–Crippen MR) is 82.3 cm³/mol. The normalized spacial score (nSPS) is 10.4. The maximum absolute atomic E-state index is 11.6. The van der Waals surface area contributed by atoms with E-state index >= 15 is 0 Å². The minimum Gasteiger partial charge on any atom is -0.504 e. The topological polar surface area (TPSA) is 80.2 Å². The standard InChI is InChI=1S/C16H16N2O4/c1-21-13-8-6-12(7-9-13)10-17-18-16(20)11-22-15-5-3-2-4-14(15)19/h2-10,19H,11H2,1H3,(H,18,20). The number of amides is 1. The number of rotatable bonds is 6. The smallest absolute Gasteiger partial charge is 0.277 e. The zero-order valence-corrected chi connectivity index (χ0v) is 12.0. The first-order valence-corrected chi connectivity index (χ1v) is 6.56. The predicted octanol–water partition coefficient (Wildman–Crippen LogP) is 1.93. The first-order chi connectivity index (χ1) is 10.7. The van der Waals surface area contributed by atoms with Crippen molar-refractivity contribution < 1.29 is 19.4 Å². The monoisotopic (exact) mass is 300 g/mol. The van der Waals surface area contributed by atoms with Crippen LogP contribution >= 0.6 is 0 Å². The Morgan fingerprint density at radius 3 is 2.64 bits per heavy atom. The molecule has 1 amide bonds. The van der Waals surface area contributed by atoms with Gasteiger partial charge in [-0.15, -0.1) is 0 Å². The highest BCUT2D eigenvalue weighted by atomic mass is 16.5. The van der Waals surface area contributed by atoms with E-state index in [9.17, 15) is 9.90 Å². The molecule has 22 heavy (non-hydrogen) atoms. The molecular formula is C16H16N2O4. The van der Waals surface area contributed by atoms with E-state index in [1.807, 2.05) is 12.1 Å². The number of ether oxygens (including phenoxy) is 2. The average Bonchev–Trinajstić information content (AvgIpc) is 2.55. The highest BCUT2D eigenvalue weighted by Gasteiger charge is 2.04. The summed E-state index contributed by atoms with van der Waals surface area (Å²) in [6, 6.07) is 13.6. The molecule has 0 spiro atoms. The number of hydrogen-bond donors (Lipinski definition) is 2. The molecule has 0 aromatic heterocycles. The Labute approximate surface area is 128 Å². The number of hydrazone groups is 1. The minimum atomic E-state index is -0.423. The van der Waals surface area contributed by atoms with E-state index in [2.05, 4.69) is 10.5 Å². The van der Waals surface area contributed by atoms with Crippen LogP contribution in [-0.4, -0.2) is 30.9 Å². The summed E-state index contributed by atoms with van der Waals surface area (Å²) < 4.78 is 10.2. The Kier molecular flexibility index (Phi) is 5.37. The molecule has 0 unspecified atom stereocenters. The number of nitrogens with one attached hydrogen (secondary N) is 1. The second kappa shape index (κ2) is 7.68. The fourth-order valence-corrected chi connectivity index (χ4v) is 1.62. The first kappa shape index (κ1) is 15.4. The Morgan fingerprint density at radius 2 is 1.95 bits per heavy atom. The Hall–Kier alpha value is -3.02. The van der Waals surface area contributed by atoms with E-state index in [4.69, 9.17) is 9.47 Å². The third-order valence-corrected chi connectivity index (χ3v) is 2.74. The van der Waals surface area contributed by atoms with E-state index in [-0.39, 0.29) is 18.1 Å². The lowest BCUT2D eigenvalue weighted by Crippen LogP contribution is -2.24. The highest BCUT2D eigenvalue weighted by molar-refractivity contribution is 5.83. The van der Waals surface area contributed by atoms with Gasteiger partial charge in [0.05, 0.1) is 13.3 Å². The molecule has 0 atom stereocenters. The van der Waals surface area contributed by atoms with Gasteiger partial charge in [0.1, 0.15) is 5.75 Å². The van der Waals surface area contributed by atoms with Crippen molar-refractivity contribution in [1.29, 1.82) is 0 Å². The molecule has 0 bridgehead atoms. The third-order valence-electron chi connectivity index (χ3n) is 2.74. The van der Waals surface area contributed by atoms with Crippen LogP contribution in [0.15, 0.2) is 53.6 Å². The quantitative estimate of drug-likeness (QED) is 0.631. The van der Waals surface area contributed by atoms with Crippen LogP contribution in [0.1, 0.15) is 5.56 Å². The third kappa shape index (κ3) is 4.52. The van der Waals surface area contributed by atoms with Crippen molar-refractivity contribution in [1.82, 2.24) is 5.43 Å². The minimum absolute atomic E-state index is 0.0166. The van der Waals surface area contributed by atoms with Gasteiger partial charge in [0.15, 0.2) is 18.1 Å². The molecule has 2 N–H and O–H groups in total. The van der Waals surface area contributed by atoms with Crippen LogP contribution in [0.3, 0.4) is 0 Å². The van der Waals surface area contributed by atoms with E-state index < -0.39 is 5.91 Å². The van der Waals surface area contributed by atoms with Gasteiger partial charge in [0.25, 0.3) is 5.91 Å². The molecule has 2 aromatic carbocycles. The van der Waals surface area contributed by atoms with Crippen LogP contribution in [0.2, 0.25) is 0 Å². The molecule has 0 saturated heterocycles. The number of carbonyl (C=O) groups excluding carboxylic acids is 1. The molecule has 0 radical (unpaired) electrons. The number of phenols is 1. The Balaban J connectivity index is 1.79. The van der Waals surface area contributed by atoms with Gasteiger partial charge >= 0.3 is 0 Å². The summed E-state index contributed by atoms with van der Waals surface area (Å²) in [6.07, 6.45) is 1.51. The van der Waals surface area contributed by atoms with Crippen molar-refractivity contribution in [3.05, 3.63) is 54.1 Å². The Bertz CT molecular complexity index is 653. The second-order valence-corrected chi connectivity index (χ2v) is 4.32. The fraction of sp³-hybridized carbons (Fsp3) is 0.125. The molecular weight excluding hydrogens is 284 g/mol. The summed E-state index contributed by atoms with van der Waals surface area (Å²) in [7, 11) is 1.59. The summed E-state index contributed by atoms with van der Waals surface area (Å²) in [4.78, 5) is 11.6. The molecule has 6 heteroatoms. The Morgan fingerprint density at radius 1 is 1.23 bits per heavy atom. The lowest BCUT2D eigenvalue weighted by atomic mass is 10.2.